The Hall–Kier alpha value is -2.09. The van der Waals surface area contributed by atoms with Crippen LogP contribution >= 0.6 is 0 Å². The number of carbonyl (C=O) groups excluding carboxylic acids is 2. The summed E-state index contributed by atoms with van der Waals surface area (Å²) in [5.41, 5.74) is 0.277. The largest absolute Gasteiger partial charge is 0.466 e. The molecule has 0 N–H and O–H groups in total. The maximum absolute atomic E-state index is 10.4. The summed E-state index contributed by atoms with van der Waals surface area (Å²) in [5.74, 6) is -0.986. The Bertz CT molecular complexity index is 325. The molecule has 0 bridgehead atoms. The summed E-state index contributed by atoms with van der Waals surface area (Å²) in [5, 5.41) is 8.08. The van der Waals surface area contributed by atoms with Crippen LogP contribution in [0.1, 0.15) is 13.8 Å². The number of esters is 2. The van der Waals surface area contributed by atoms with Gasteiger partial charge in [0.2, 0.25) is 0 Å². The molecular weight excluding hydrogens is 210 g/mol. The fraction of sp³-hybridized carbons (Fsp3) is 0.364. The highest BCUT2D eigenvalue weighted by molar-refractivity contribution is 5.91. The van der Waals surface area contributed by atoms with Crippen LogP contribution in [0.25, 0.3) is 0 Å². The molecule has 0 aromatic carbocycles. The fourth-order valence-corrected chi connectivity index (χ4v) is 0.438. The van der Waals surface area contributed by atoms with Crippen LogP contribution < -0.4 is 0 Å². The Morgan fingerprint density at radius 3 is 2.00 bits per heavy atom. The second-order valence-electron chi connectivity index (χ2n) is 2.58. The van der Waals surface area contributed by atoms with Gasteiger partial charge in [0.25, 0.3) is 0 Å². The summed E-state index contributed by atoms with van der Waals surface area (Å²) in [6.07, 6.45) is 0. The lowest BCUT2D eigenvalue weighted by atomic mass is 10.3. The summed E-state index contributed by atoms with van der Waals surface area (Å²) in [7, 11) is 1.33. The van der Waals surface area contributed by atoms with Crippen molar-refractivity contribution in [3.63, 3.8) is 0 Å². The first-order chi connectivity index (χ1) is 7.40. The lowest BCUT2D eigenvalue weighted by Crippen LogP contribution is -2.04. The van der Waals surface area contributed by atoms with Gasteiger partial charge < -0.3 is 9.47 Å². The van der Waals surface area contributed by atoms with E-state index in [0.717, 1.165) is 0 Å². The topological polar surface area (TPSA) is 76.4 Å². The minimum Gasteiger partial charge on any atom is -0.466 e. The molecule has 5 heteroatoms. The molecule has 0 rings (SSSR count). The van der Waals surface area contributed by atoms with Gasteiger partial charge in [-0.15, -0.1) is 0 Å². The van der Waals surface area contributed by atoms with Crippen molar-refractivity contribution in [2.75, 3.05) is 13.7 Å². The van der Waals surface area contributed by atoms with E-state index in [1.54, 1.807) is 19.9 Å². The van der Waals surface area contributed by atoms with Gasteiger partial charge in [0.05, 0.1) is 13.7 Å². The summed E-state index contributed by atoms with van der Waals surface area (Å²) < 4.78 is 8.71. The SMILES string of the molecule is C=C(C#N)C(=O)OCC.C=C(C)C(=O)OC. The summed E-state index contributed by atoms with van der Waals surface area (Å²) >= 11 is 0. The lowest BCUT2D eigenvalue weighted by molar-refractivity contribution is -0.138. The quantitative estimate of drug-likeness (QED) is 0.412. The van der Waals surface area contributed by atoms with Crippen molar-refractivity contribution < 1.29 is 19.1 Å². The van der Waals surface area contributed by atoms with Crippen molar-refractivity contribution in [2.45, 2.75) is 13.8 Å². The Kier molecular flexibility index (Phi) is 9.67. The third kappa shape index (κ3) is 8.51. The van der Waals surface area contributed by atoms with Crippen LogP contribution in [0.15, 0.2) is 24.3 Å². The van der Waals surface area contributed by atoms with Crippen molar-refractivity contribution in [3.8, 4) is 6.07 Å². The number of nitrogens with zero attached hydrogens (tertiary/aromatic N) is 1. The maximum Gasteiger partial charge on any atom is 0.348 e. The summed E-state index contributed by atoms with van der Waals surface area (Å²) in [4.78, 5) is 20.6. The first-order valence-electron chi connectivity index (χ1n) is 4.40. The zero-order valence-corrected chi connectivity index (χ0v) is 9.70. The van der Waals surface area contributed by atoms with E-state index in [1.807, 2.05) is 0 Å². The van der Waals surface area contributed by atoms with E-state index in [9.17, 15) is 9.59 Å². The average Bonchev–Trinajstić information content (AvgIpc) is 2.27. The predicted octanol–water partition coefficient (Wildman–Crippen LogP) is 1.36. The molecule has 0 unspecified atom stereocenters. The number of ether oxygens (including phenoxy) is 2. The van der Waals surface area contributed by atoms with Gasteiger partial charge in [-0.3, -0.25) is 0 Å². The van der Waals surface area contributed by atoms with Gasteiger partial charge >= 0.3 is 11.9 Å². The predicted molar refractivity (Wildman–Crippen MR) is 58.2 cm³/mol. The third-order valence-corrected chi connectivity index (χ3v) is 1.19. The molecule has 0 saturated heterocycles. The molecule has 0 atom stereocenters. The van der Waals surface area contributed by atoms with Crippen LogP contribution in [-0.2, 0) is 19.1 Å². The number of nitriles is 1. The number of methoxy groups -OCH3 is 1. The van der Waals surface area contributed by atoms with Crippen molar-refractivity contribution in [2.24, 2.45) is 0 Å². The molecule has 0 aromatic heterocycles. The summed E-state index contributed by atoms with van der Waals surface area (Å²) in [6.45, 7) is 10.1. The molecule has 5 nitrogen and oxygen atoms in total. The van der Waals surface area contributed by atoms with Gasteiger partial charge in [-0.1, -0.05) is 13.2 Å². The third-order valence-electron chi connectivity index (χ3n) is 1.19. The van der Waals surface area contributed by atoms with E-state index in [4.69, 9.17) is 5.26 Å². The second-order valence-corrected chi connectivity index (χ2v) is 2.58. The number of carbonyl (C=O) groups is 2. The molecule has 0 spiro atoms. The van der Waals surface area contributed by atoms with Crippen LogP contribution in [0, 0.1) is 11.3 Å². The van der Waals surface area contributed by atoms with Crippen molar-refractivity contribution in [1.29, 1.82) is 5.26 Å². The molecule has 16 heavy (non-hydrogen) atoms. The average molecular weight is 225 g/mol. The zero-order chi connectivity index (χ0) is 13.1. The first kappa shape index (κ1) is 16.3. The standard InChI is InChI=1S/C6H7NO2.C5H8O2/c1-3-9-6(8)5(2)4-7;1-4(2)5(6)7-3/h2-3H2,1H3;1H2,2-3H3. The Morgan fingerprint density at radius 2 is 1.81 bits per heavy atom. The molecule has 0 saturated carbocycles. The molecular formula is C11H15NO4. The molecule has 0 fully saturated rings. The number of rotatable bonds is 3. The van der Waals surface area contributed by atoms with Gasteiger partial charge in [-0.25, -0.2) is 9.59 Å². The van der Waals surface area contributed by atoms with Gasteiger partial charge in [-0.05, 0) is 13.8 Å². The Labute approximate surface area is 95.0 Å². The fourth-order valence-electron chi connectivity index (χ4n) is 0.438. The molecule has 0 aliphatic rings. The van der Waals surface area contributed by atoms with E-state index < -0.39 is 5.97 Å². The number of hydrogen-bond acceptors (Lipinski definition) is 5. The zero-order valence-electron chi connectivity index (χ0n) is 9.70. The van der Waals surface area contributed by atoms with Crippen LogP contribution in [0.3, 0.4) is 0 Å². The second kappa shape index (κ2) is 9.46. The van der Waals surface area contributed by atoms with Crippen LogP contribution in [0.5, 0.6) is 0 Å². The highest BCUT2D eigenvalue weighted by Gasteiger charge is 2.03. The maximum atomic E-state index is 10.4. The molecule has 88 valence electrons. The van der Waals surface area contributed by atoms with E-state index in [2.05, 4.69) is 22.6 Å². The van der Waals surface area contributed by atoms with Crippen LogP contribution in [0.4, 0.5) is 0 Å². The minimum atomic E-state index is -0.639. The first-order valence-corrected chi connectivity index (χ1v) is 4.40. The van der Waals surface area contributed by atoms with Crippen LogP contribution in [0.2, 0.25) is 0 Å². The Morgan fingerprint density at radius 1 is 1.31 bits per heavy atom. The van der Waals surface area contributed by atoms with Gasteiger partial charge in [0, 0.05) is 5.57 Å². The van der Waals surface area contributed by atoms with Crippen molar-refractivity contribution in [1.82, 2.24) is 0 Å². The van der Waals surface area contributed by atoms with E-state index in [1.165, 1.54) is 7.11 Å². The highest BCUT2D eigenvalue weighted by Crippen LogP contribution is 1.90. The highest BCUT2D eigenvalue weighted by atomic mass is 16.5. The molecule has 0 amide bonds. The van der Waals surface area contributed by atoms with Gasteiger partial charge in [-0.2, -0.15) is 5.26 Å². The van der Waals surface area contributed by atoms with Crippen LogP contribution in [-0.4, -0.2) is 25.7 Å². The molecule has 0 aliphatic carbocycles. The minimum absolute atomic E-state index is 0.156. The molecule has 0 heterocycles. The number of hydrogen-bond donors (Lipinski definition) is 0. The van der Waals surface area contributed by atoms with Crippen molar-refractivity contribution >= 4 is 11.9 Å². The molecule has 0 aromatic rings. The molecule has 0 aliphatic heterocycles. The smallest absolute Gasteiger partial charge is 0.348 e. The summed E-state index contributed by atoms with van der Waals surface area (Å²) in [6, 6.07) is 1.58. The Balaban J connectivity index is 0. The lowest BCUT2D eigenvalue weighted by Gasteiger charge is -1.95. The van der Waals surface area contributed by atoms with Crippen molar-refractivity contribution in [3.05, 3.63) is 24.3 Å². The van der Waals surface area contributed by atoms with E-state index in [0.29, 0.717) is 5.57 Å². The monoisotopic (exact) mass is 225 g/mol. The van der Waals surface area contributed by atoms with Gasteiger partial charge in [0.15, 0.2) is 0 Å². The van der Waals surface area contributed by atoms with E-state index >= 15 is 0 Å². The molecule has 0 radical (unpaired) electrons. The van der Waals surface area contributed by atoms with E-state index in [-0.39, 0.29) is 18.1 Å². The van der Waals surface area contributed by atoms with Gasteiger partial charge in [0.1, 0.15) is 11.6 Å². The normalized spacial score (nSPS) is 7.62.